The van der Waals surface area contributed by atoms with Crippen LogP contribution in [0.15, 0.2) is 82.8 Å². The van der Waals surface area contributed by atoms with E-state index in [1.54, 1.807) is 36.4 Å². The standard InChI is InChI=1S/C26H23N5O6S2/c1-17-8-11-19(12-9-17)25(33)28-26-31-30-24(38-26)15-23(32)29-27-16-18-10-13-21(22(14-18)36-2)37-39(34,35)20-6-4-3-5-7-20/h3-14,16H,15H2,1-2H3,(H,29,32)(H,28,31,33)/b27-16+. The van der Waals surface area contributed by atoms with Crippen LogP contribution in [0.4, 0.5) is 5.13 Å². The molecule has 3 aromatic carbocycles. The van der Waals surface area contributed by atoms with Crippen LogP contribution in [0.2, 0.25) is 0 Å². The zero-order valence-corrected chi connectivity index (χ0v) is 22.5. The number of ether oxygens (including phenoxy) is 1. The number of anilines is 1. The predicted molar refractivity (Wildman–Crippen MR) is 146 cm³/mol. The van der Waals surface area contributed by atoms with Gasteiger partial charge in [0.15, 0.2) is 11.5 Å². The lowest BCUT2D eigenvalue weighted by Gasteiger charge is -2.11. The minimum absolute atomic E-state index is 0.00378. The summed E-state index contributed by atoms with van der Waals surface area (Å²) in [6.07, 6.45) is 1.27. The number of carbonyl (C=O) groups excluding carboxylic acids is 2. The summed E-state index contributed by atoms with van der Waals surface area (Å²) in [7, 11) is -2.67. The van der Waals surface area contributed by atoms with Crippen molar-refractivity contribution in [2.75, 3.05) is 12.4 Å². The van der Waals surface area contributed by atoms with Gasteiger partial charge >= 0.3 is 10.1 Å². The van der Waals surface area contributed by atoms with E-state index in [2.05, 4.69) is 26.0 Å². The van der Waals surface area contributed by atoms with Gasteiger partial charge < -0.3 is 8.92 Å². The summed E-state index contributed by atoms with van der Waals surface area (Å²) in [5.74, 6) is -0.598. The van der Waals surface area contributed by atoms with Crippen molar-refractivity contribution in [3.05, 3.63) is 94.5 Å². The first-order chi connectivity index (χ1) is 18.7. The van der Waals surface area contributed by atoms with E-state index in [0.717, 1.165) is 16.9 Å². The summed E-state index contributed by atoms with van der Waals surface area (Å²) in [5.41, 5.74) is 4.43. The molecule has 0 bridgehead atoms. The molecule has 0 radical (unpaired) electrons. The molecule has 4 rings (SSSR count). The molecule has 2 N–H and O–H groups in total. The van der Waals surface area contributed by atoms with Crippen molar-refractivity contribution in [1.82, 2.24) is 15.6 Å². The normalized spacial score (nSPS) is 11.2. The largest absolute Gasteiger partial charge is 0.493 e. The first-order valence-electron chi connectivity index (χ1n) is 11.4. The van der Waals surface area contributed by atoms with Crippen molar-refractivity contribution < 1.29 is 26.9 Å². The summed E-state index contributed by atoms with van der Waals surface area (Å²) in [6, 6.07) is 19.3. The van der Waals surface area contributed by atoms with Gasteiger partial charge in [0.05, 0.1) is 19.7 Å². The number of benzene rings is 3. The summed E-state index contributed by atoms with van der Waals surface area (Å²) in [5, 5.41) is 15.1. The molecule has 1 aromatic heterocycles. The van der Waals surface area contributed by atoms with Gasteiger partial charge in [-0.3, -0.25) is 14.9 Å². The number of methoxy groups -OCH3 is 1. The third-order valence-corrected chi connectivity index (χ3v) is 7.22. The third kappa shape index (κ3) is 7.46. The number of hydrogen-bond donors (Lipinski definition) is 2. The minimum Gasteiger partial charge on any atom is -0.493 e. The number of carbonyl (C=O) groups is 2. The van der Waals surface area contributed by atoms with E-state index < -0.39 is 16.0 Å². The summed E-state index contributed by atoms with van der Waals surface area (Å²) < 4.78 is 35.5. The highest BCUT2D eigenvalue weighted by Crippen LogP contribution is 2.30. The molecule has 0 spiro atoms. The van der Waals surface area contributed by atoms with Crippen LogP contribution in [0.1, 0.15) is 26.5 Å². The highest BCUT2D eigenvalue weighted by atomic mass is 32.2. The molecule has 11 nitrogen and oxygen atoms in total. The molecule has 200 valence electrons. The lowest BCUT2D eigenvalue weighted by Crippen LogP contribution is -2.19. The number of hydrogen-bond acceptors (Lipinski definition) is 10. The fourth-order valence-corrected chi connectivity index (χ4v) is 4.89. The van der Waals surface area contributed by atoms with Gasteiger partial charge in [-0.25, -0.2) is 5.43 Å². The van der Waals surface area contributed by atoms with Crippen LogP contribution in [0.25, 0.3) is 0 Å². The molecular formula is C26H23N5O6S2. The SMILES string of the molecule is COc1cc(/C=N/NC(=O)Cc2nnc(NC(=O)c3ccc(C)cc3)s2)ccc1OS(=O)(=O)c1ccccc1. The van der Waals surface area contributed by atoms with Crippen LogP contribution < -0.4 is 19.7 Å². The molecule has 13 heteroatoms. The van der Waals surface area contributed by atoms with Crippen LogP contribution in [0.3, 0.4) is 0 Å². The molecule has 0 atom stereocenters. The maximum Gasteiger partial charge on any atom is 0.339 e. The van der Waals surface area contributed by atoms with Gasteiger partial charge in [0.2, 0.25) is 11.0 Å². The van der Waals surface area contributed by atoms with Crippen molar-refractivity contribution in [3.63, 3.8) is 0 Å². The number of aromatic nitrogens is 2. The highest BCUT2D eigenvalue weighted by molar-refractivity contribution is 7.87. The Balaban J connectivity index is 1.32. The molecule has 0 aliphatic carbocycles. The van der Waals surface area contributed by atoms with Crippen molar-refractivity contribution >= 4 is 44.6 Å². The first kappa shape index (κ1) is 27.4. The van der Waals surface area contributed by atoms with Gasteiger partial charge in [0, 0.05) is 5.56 Å². The Morgan fingerprint density at radius 2 is 1.74 bits per heavy atom. The number of hydrazone groups is 1. The average molecular weight is 566 g/mol. The summed E-state index contributed by atoms with van der Waals surface area (Å²) in [6.45, 7) is 1.93. The molecular weight excluding hydrogens is 542 g/mol. The predicted octanol–water partition coefficient (Wildman–Crippen LogP) is 3.57. The molecule has 0 saturated heterocycles. The number of nitrogens with zero attached hydrogens (tertiary/aromatic N) is 3. The smallest absolute Gasteiger partial charge is 0.339 e. The van der Waals surface area contributed by atoms with E-state index in [0.29, 0.717) is 16.1 Å². The Bertz CT molecular complexity index is 1600. The van der Waals surface area contributed by atoms with Gasteiger partial charge in [-0.15, -0.1) is 10.2 Å². The number of nitrogens with one attached hydrogen (secondary N) is 2. The third-order valence-electron chi connectivity index (χ3n) is 5.13. The zero-order chi connectivity index (χ0) is 27.8. The molecule has 39 heavy (non-hydrogen) atoms. The Labute approximate surface area is 228 Å². The van der Waals surface area contributed by atoms with Crippen LogP contribution in [-0.4, -0.2) is 43.8 Å². The monoisotopic (exact) mass is 565 g/mol. The van der Waals surface area contributed by atoms with E-state index in [1.165, 1.54) is 37.6 Å². The average Bonchev–Trinajstić information content (AvgIpc) is 3.36. The molecule has 0 unspecified atom stereocenters. The fourth-order valence-electron chi connectivity index (χ4n) is 3.19. The minimum atomic E-state index is -4.04. The van der Waals surface area contributed by atoms with Crippen molar-refractivity contribution in [3.8, 4) is 11.5 Å². The molecule has 0 aliphatic heterocycles. The maximum absolute atomic E-state index is 12.5. The first-order valence-corrected chi connectivity index (χ1v) is 13.7. The topological polar surface area (TPSA) is 149 Å². The summed E-state index contributed by atoms with van der Waals surface area (Å²) in [4.78, 5) is 24.6. The fraction of sp³-hybridized carbons (Fsp3) is 0.115. The van der Waals surface area contributed by atoms with Crippen LogP contribution >= 0.6 is 11.3 Å². The molecule has 4 aromatic rings. The molecule has 1 heterocycles. The lowest BCUT2D eigenvalue weighted by molar-refractivity contribution is -0.120. The van der Waals surface area contributed by atoms with Crippen LogP contribution in [-0.2, 0) is 21.3 Å². The van der Waals surface area contributed by atoms with Crippen molar-refractivity contribution in [2.24, 2.45) is 5.10 Å². The summed E-state index contributed by atoms with van der Waals surface area (Å²) >= 11 is 1.08. The van der Waals surface area contributed by atoms with Crippen molar-refractivity contribution in [1.29, 1.82) is 0 Å². The Morgan fingerprint density at radius 3 is 2.46 bits per heavy atom. The van der Waals surface area contributed by atoms with E-state index >= 15 is 0 Å². The molecule has 0 fully saturated rings. The van der Waals surface area contributed by atoms with E-state index in [4.69, 9.17) is 8.92 Å². The number of amides is 2. The Kier molecular flexibility index (Phi) is 8.63. The maximum atomic E-state index is 12.5. The van der Waals surface area contributed by atoms with E-state index in [9.17, 15) is 18.0 Å². The Morgan fingerprint density at radius 1 is 1.00 bits per heavy atom. The van der Waals surface area contributed by atoms with Crippen LogP contribution in [0, 0.1) is 6.92 Å². The zero-order valence-electron chi connectivity index (χ0n) is 20.8. The van der Waals surface area contributed by atoms with Gasteiger partial charge in [0.25, 0.3) is 5.91 Å². The highest BCUT2D eigenvalue weighted by Gasteiger charge is 2.19. The van der Waals surface area contributed by atoms with Crippen molar-refractivity contribution in [2.45, 2.75) is 18.2 Å². The second kappa shape index (κ2) is 12.3. The lowest BCUT2D eigenvalue weighted by atomic mass is 10.1. The Hall–Kier alpha value is -4.62. The second-order valence-electron chi connectivity index (χ2n) is 8.05. The van der Waals surface area contributed by atoms with E-state index in [1.807, 2.05) is 19.1 Å². The van der Waals surface area contributed by atoms with Gasteiger partial charge in [0.1, 0.15) is 9.90 Å². The van der Waals surface area contributed by atoms with Gasteiger partial charge in [-0.1, -0.05) is 47.2 Å². The second-order valence-corrected chi connectivity index (χ2v) is 10.7. The van der Waals surface area contributed by atoms with Gasteiger partial charge in [-0.05, 0) is 55.0 Å². The number of rotatable bonds is 10. The van der Waals surface area contributed by atoms with Gasteiger partial charge in [-0.2, -0.15) is 13.5 Å². The molecule has 0 saturated carbocycles. The molecule has 0 aliphatic rings. The molecule has 2 amide bonds. The van der Waals surface area contributed by atoms with Crippen LogP contribution in [0.5, 0.6) is 11.5 Å². The number of aryl methyl sites for hydroxylation is 1. The quantitative estimate of drug-likeness (QED) is 0.168. The van der Waals surface area contributed by atoms with E-state index in [-0.39, 0.29) is 33.9 Å².